The number of aromatic nitrogens is 2. The first-order valence-corrected chi connectivity index (χ1v) is 11.0. The van der Waals surface area contributed by atoms with Crippen LogP contribution in [0.25, 0.3) is 22.1 Å². The van der Waals surface area contributed by atoms with Crippen molar-refractivity contribution in [3.63, 3.8) is 0 Å². The Labute approximate surface area is 177 Å². The lowest BCUT2D eigenvalue weighted by Crippen LogP contribution is -2.25. The highest BCUT2D eigenvalue weighted by atomic mass is 32.2. The second-order valence-corrected chi connectivity index (χ2v) is 10.6. The lowest BCUT2D eigenvalue weighted by molar-refractivity contribution is 0.282. The summed E-state index contributed by atoms with van der Waals surface area (Å²) in [6.45, 7) is 11.6. The highest BCUT2D eigenvalue weighted by Gasteiger charge is 2.30. The quantitative estimate of drug-likeness (QED) is 0.329. The van der Waals surface area contributed by atoms with E-state index in [0.29, 0.717) is 0 Å². The van der Waals surface area contributed by atoms with E-state index >= 15 is 0 Å². The SMILES string of the molecule is CC(C)(C)CC(C)(C)c1ccc2nc3ccccc3nc2c1Sc1ccccc1. The van der Waals surface area contributed by atoms with Crippen LogP contribution in [-0.2, 0) is 5.41 Å². The molecule has 0 radical (unpaired) electrons. The molecule has 1 aromatic heterocycles. The van der Waals surface area contributed by atoms with Crippen molar-refractivity contribution in [1.82, 2.24) is 9.97 Å². The third kappa shape index (κ3) is 4.30. The summed E-state index contributed by atoms with van der Waals surface area (Å²) in [5.74, 6) is 0. The largest absolute Gasteiger partial charge is 0.244 e. The number of benzene rings is 3. The van der Waals surface area contributed by atoms with Crippen LogP contribution < -0.4 is 0 Å². The highest BCUT2D eigenvalue weighted by Crippen LogP contribution is 2.44. The molecule has 4 aromatic rings. The van der Waals surface area contributed by atoms with E-state index in [4.69, 9.17) is 9.97 Å². The van der Waals surface area contributed by atoms with Crippen molar-refractivity contribution in [1.29, 1.82) is 0 Å². The Morgan fingerprint density at radius 3 is 1.97 bits per heavy atom. The van der Waals surface area contributed by atoms with Crippen molar-refractivity contribution in [2.75, 3.05) is 0 Å². The maximum Gasteiger partial charge on any atom is 0.104 e. The molecule has 0 spiro atoms. The molecule has 0 unspecified atom stereocenters. The second-order valence-electron chi connectivity index (χ2n) is 9.56. The molecule has 4 rings (SSSR count). The van der Waals surface area contributed by atoms with Crippen LogP contribution >= 0.6 is 11.8 Å². The maximum absolute atomic E-state index is 5.06. The zero-order valence-corrected chi connectivity index (χ0v) is 18.7. The van der Waals surface area contributed by atoms with E-state index in [1.165, 1.54) is 15.4 Å². The van der Waals surface area contributed by atoms with Gasteiger partial charge in [-0.15, -0.1) is 0 Å². The highest BCUT2D eigenvalue weighted by molar-refractivity contribution is 7.99. The molecular weight excluding hydrogens is 372 g/mol. The molecule has 0 bridgehead atoms. The summed E-state index contributed by atoms with van der Waals surface area (Å²) in [5.41, 5.74) is 5.45. The fourth-order valence-electron chi connectivity index (χ4n) is 4.33. The van der Waals surface area contributed by atoms with E-state index in [2.05, 4.69) is 77.1 Å². The molecule has 0 aliphatic heterocycles. The molecule has 0 fully saturated rings. The summed E-state index contributed by atoms with van der Waals surface area (Å²) < 4.78 is 0. The van der Waals surface area contributed by atoms with Gasteiger partial charge in [0.2, 0.25) is 0 Å². The van der Waals surface area contributed by atoms with Crippen LogP contribution in [0.2, 0.25) is 0 Å². The number of nitrogens with zero attached hydrogens (tertiary/aromatic N) is 2. The monoisotopic (exact) mass is 400 g/mol. The van der Waals surface area contributed by atoms with E-state index in [9.17, 15) is 0 Å². The molecule has 148 valence electrons. The Kier molecular flexibility index (Phi) is 5.12. The lowest BCUT2D eigenvalue weighted by atomic mass is 9.72. The first kappa shape index (κ1) is 19.9. The number of rotatable bonds is 4. The van der Waals surface area contributed by atoms with Crippen molar-refractivity contribution in [3.05, 3.63) is 72.3 Å². The minimum Gasteiger partial charge on any atom is -0.244 e. The van der Waals surface area contributed by atoms with Gasteiger partial charge in [-0.3, -0.25) is 0 Å². The van der Waals surface area contributed by atoms with Gasteiger partial charge in [-0.1, -0.05) is 82.8 Å². The Morgan fingerprint density at radius 2 is 1.31 bits per heavy atom. The molecule has 2 nitrogen and oxygen atoms in total. The van der Waals surface area contributed by atoms with Gasteiger partial charge >= 0.3 is 0 Å². The minimum atomic E-state index is 0.0247. The van der Waals surface area contributed by atoms with Crippen LogP contribution in [0, 0.1) is 5.41 Å². The fourth-order valence-corrected chi connectivity index (χ4v) is 5.56. The predicted molar refractivity (Wildman–Crippen MR) is 125 cm³/mol. The molecular formula is C26H28N2S. The van der Waals surface area contributed by atoms with Crippen molar-refractivity contribution < 1.29 is 0 Å². The first-order chi connectivity index (χ1) is 13.7. The minimum absolute atomic E-state index is 0.0247. The number of fused-ring (bicyclic) bond motifs is 2. The van der Waals surface area contributed by atoms with Crippen LogP contribution in [0.15, 0.2) is 76.5 Å². The van der Waals surface area contributed by atoms with Gasteiger partial charge in [0.1, 0.15) is 5.52 Å². The summed E-state index contributed by atoms with van der Waals surface area (Å²) in [6, 6.07) is 23.1. The van der Waals surface area contributed by atoms with Crippen LogP contribution in [0.3, 0.4) is 0 Å². The van der Waals surface area contributed by atoms with Crippen LogP contribution in [-0.4, -0.2) is 9.97 Å². The molecule has 0 atom stereocenters. The fraction of sp³-hybridized carbons (Fsp3) is 0.308. The van der Waals surface area contributed by atoms with E-state index in [1.807, 2.05) is 24.3 Å². The topological polar surface area (TPSA) is 25.8 Å². The van der Waals surface area contributed by atoms with E-state index in [1.54, 1.807) is 11.8 Å². The smallest absolute Gasteiger partial charge is 0.104 e. The third-order valence-electron chi connectivity index (χ3n) is 5.13. The van der Waals surface area contributed by atoms with Gasteiger partial charge in [-0.25, -0.2) is 9.97 Å². The normalized spacial score (nSPS) is 12.6. The second kappa shape index (κ2) is 7.46. The zero-order chi connectivity index (χ0) is 20.6. The predicted octanol–water partition coefficient (Wildman–Crippen LogP) is 7.65. The lowest BCUT2D eigenvalue weighted by Gasteiger charge is -2.34. The van der Waals surface area contributed by atoms with Crippen LogP contribution in [0.4, 0.5) is 0 Å². The number of para-hydroxylation sites is 2. The molecule has 3 heteroatoms. The van der Waals surface area contributed by atoms with Gasteiger partial charge in [0.05, 0.1) is 16.6 Å². The van der Waals surface area contributed by atoms with Crippen molar-refractivity contribution in [3.8, 4) is 0 Å². The molecule has 29 heavy (non-hydrogen) atoms. The van der Waals surface area contributed by atoms with Crippen molar-refractivity contribution in [2.45, 2.75) is 56.2 Å². The zero-order valence-electron chi connectivity index (χ0n) is 17.9. The Balaban J connectivity index is 1.96. The molecule has 3 aromatic carbocycles. The van der Waals surface area contributed by atoms with Gasteiger partial charge in [-0.05, 0) is 53.1 Å². The van der Waals surface area contributed by atoms with E-state index in [-0.39, 0.29) is 10.8 Å². The summed E-state index contributed by atoms with van der Waals surface area (Å²) in [7, 11) is 0. The molecule has 0 aliphatic carbocycles. The molecule has 1 heterocycles. The average Bonchev–Trinajstić information content (AvgIpc) is 2.65. The molecule has 0 aliphatic rings. The van der Waals surface area contributed by atoms with Gasteiger partial charge in [0, 0.05) is 9.79 Å². The molecule has 0 saturated heterocycles. The van der Waals surface area contributed by atoms with Gasteiger partial charge in [0.15, 0.2) is 0 Å². The number of hydrogen-bond donors (Lipinski definition) is 0. The van der Waals surface area contributed by atoms with Crippen LogP contribution in [0.5, 0.6) is 0 Å². The number of hydrogen-bond acceptors (Lipinski definition) is 3. The summed E-state index contributed by atoms with van der Waals surface area (Å²) in [4.78, 5) is 12.4. The molecule has 0 amide bonds. The first-order valence-electron chi connectivity index (χ1n) is 10.2. The molecule has 0 N–H and O–H groups in total. The summed E-state index contributed by atoms with van der Waals surface area (Å²) in [5, 5.41) is 0. The Bertz CT molecular complexity index is 1160. The van der Waals surface area contributed by atoms with Gasteiger partial charge < -0.3 is 0 Å². The Morgan fingerprint density at radius 1 is 0.690 bits per heavy atom. The van der Waals surface area contributed by atoms with Gasteiger partial charge in [-0.2, -0.15) is 0 Å². The standard InChI is InChI=1S/C26H28N2S/c1-25(2,3)17-26(4,5)19-15-16-22-23(24(19)29-18-11-7-6-8-12-18)28-21-14-10-9-13-20(21)27-22/h6-16H,17H2,1-5H3. The summed E-state index contributed by atoms with van der Waals surface area (Å²) in [6.07, 6.45) is 1.09. The van der Waals surface area contributed by atoms with E-state index in [0.717, 1.165) is 28.5 Å². The van der Waals surface area contributed by atoms with Crippen molar-refractivity contribution >= 4 is 33.8 Å². The maximum atomic E-state index is 5.06. The third-order valence-corrected chi connectivity index (χ3v) is 6.25. The van der Waals surface area contributed by atoms with Crippen LogP contribution in [0.1, 0.15) is 46.6 Å². The Hall–Kier alpha value is -2.39. The van der Waals surface area contributed by atoms with Gasteiger partial charge in [0.25, 0.3) is 0 Å². The average molecular weight is 401 g/mol. The molecule has 0 saturated carbocycles. The van der Waals surface area contributed by atoms with Crippen molar-refractivity contribution in [2.24, 2.45) is 5.41 Å². The summed E-state index contributed by atoms with van der Waals surface area (Å²) >= 11 is 1.80. The van der Waals surface area contributed by atoms with E-state index < -0.39 is 0 Å².